The molecule has 1 saturated heterocycles. The fourth-order valence-electron chi connectivity index (χ4n) is 4.44. The Hall–Kier alpha value is -1.41. The molecule has 4 fully saturated rings. The van der Waals surface area contributed by atoms with Crippen molar-refractivity contribution in [1.82, 2.24) is 15.7 Å². The van der Waals surface area contributed by atoms with Gasteiger partial charge in [0.2, 0.25) is 5.13 Å². The second-order valence-corrected chi connectivity index (χ2v) is 8.02. The summed E-state index contributed by atoms with van der Waals surface area (Å²) in [7, 11) is 0. The van der Waals surface area contributed by atoms with Gasteiger partial charge in [0.1, 0.15) is 11.4 Å². The molecule has 3 N–H and O–H groups in total. The Kier molecular flexibility index (Phi) is 3.06. The van der Waals surface area contributed by atoms with Crippen LogP contribution in [0.25, 0.3) is 10.2 Å². The fourth-order valence-corrected chi connectivity index (χ4v) is 5.32. The van der Waals surface area contributed by atoms with Crippen molar-refractivity contribution in [1.29, 1.82) is 0 Å². The molecular formula is C16H20N4O2S. The number of nitrogens with one attached hydrogen (secondary N) is 2. The maximum Gasteiger partial charge on any atom is 0.201 e. The Morgan fingerprint density at radius 1 is 1.35 bits per heavy atom. The van der Waals surface area contributed by atoms with Crippen LogP contribution < -0.4 is 10.9 Å². The maximum absolute atomic E-state index is 9.56. The van der Waals surface area contributed by atoms with Crippen LogP contribution in [0.3, 0.4) is 0 Å². The van der Waals surface area contributed by atoms with Gasteiger partial charge in [-0.2, -0.15) is 0 Å². The lowest BCUT2D eigenvalue weighted by molar-refractivity contribution is -0.235. The third kappa shape index (κ3) is 2.30. The average molecular weight is 332 g/mol. The molecule has 0 radical (unpaired) electrons. The molecule has 1 unspecified atom stereocenters. The van der Waals surface area contributed by atoms with Crippen molar-refractivity contribution >= 4 is 26.7 Å². The smallest absolute Gasteiger partial charge is 0.201 e. The molecule has 1 aliphatic heterocycles. The van der Waals surface area contributed by atoms with Crippen molar-refractivity contribution in [3.8, 4) is 5.75 Å². The highest BCUT2D eigenvalue weighted by atomic mass is 32.1. The standard InChI is InChI=1S/C16H20N4O2S/c21-12-5-6-13-14(7-12)23-15(18-13)19-20-17-9-16(22-20)8-10-1-3-11(16)4-2-10/h5-7,10-11,17,21H,1-4,8-9H2,(H,18,19). The van der Waals surface area contributed by atoms with Gasteiger partial charge < -0.3 is 5.11 Å². The molecule has 1 aromatic carbocycles. The minimum Gasteiger partial charge on any atom is -0.508 e. The molecule has 23 heavy (non-hydrogen) atoms. The van der Waals surface area contributed by atoms with Crippen LogP contribution in [-0.4, -0.2) is 27.5 Å². The number of anilines is 1. The molecule has 3 saturated carbocycles. The number of hydrazine groups is 2. The summed E-state index contributed by atoms with van der Waals surface area (Å²) in [6, 6.07) is 5.22. The Bertz CT molecular complexity index is 743. The largest absolute Gasteiger partial charge is 0.508 e. The highest BCUT2D eigenvalue weighted by Gasteiger charge is 2.52. The lowest BCUT2D eigenvalue weighted by atomic mass is 9.62. The second-order valence-electron chi connectivity index (χ2n) is 6.99. The van der Waals surface area contributed by atoms with Gasteiger partial charge in [-0.1, -0.05) is 11.3 Å². The number of benzene rings is 1. The molecule has 1 atom stereocenters. The van der Waals surface area contributed by atoms with E-state index in [1.165, 1.54) is 37.0 Å². The van der Waals surface area contributed by atoms with E-state index in [0.29, 0.717) is 5.92 Å². The van der Waals surface area contributed by atoms with E-state index in [4.69, 9.17) is 4.84 Å². The van der Waals surface area contributed by atoms with Gasteiger partial charge in [-0.25, -0.2) is 10.4 Å². The summed E-state index contributed by atoms with van der Waals surface area (Å²) in [6.45, 7) is 0.868. The molecule has 122 valence electrons. The van der Waals surface area contributed by atoms with Crippen LogP contribution in [0, 0.1) is 11.8 Å². The molecule has 6 rings (SSSR count). The summed E-state index contributed by atoms with van der Waals surface area (Å²) >= 11 is 1.50. The zero-order chi connectivity index (χ0) is 15.4. The zero-order valence-corrected chi connectivity index (χ0v) is 13.6. The first kappa shape index (κ1) is 14.0. The Morgan fingerprint density at radius 2 is 2.22 bits per heavy atom. The number of hydrogen-bond donors (Lipinski definition) is 3. The average Bonchev–Trinajstić information content (AvgIpc) is 3.12. The van der Waals surface area contributed by atoms with E-state index < -0.39 is 0 Å². The summed E-state index contributed by atoms with van der Waals surface area (Å²) in [5, 5.41) is 12.0. The van der Waals surface area contributed by atoms with Gasteiger partial charge in [0, 0.05) is 6.54 Å². The molecule has 2 heterocycles. The third-order valence-electron chi connectivity index (χ3n) is 5.59. The quantitative estimate of drug-likeness (QED) is 0.785. The van der Waals surface area contributed by atoms with E-state index in [-0.39, 0.29) is 11.4 Å². The van der Waals surface area contributed by atoms with E-state index in [0.717, 1.165) is 34.2 Å². The number of phenols is 1. The number of hydrogen-bond acceptors (Lipinski definition) is 7. The van der Waals surface area contributed by atoms with Crippen molar-refractivity contribution in [3.05, 3.63) is 18.2 Å². The van der Waals surface area contributed by atoms with E-state index in [1.54, 1.807) is 17.4 Å². The van der Waals surface area contributed by atoms with Crippen molar-refractivity contribution in [2.24, 2.45) is 11.8 Å². The first-order valence-electron chi connectivity index (χ1n) is 8.29. The molecule has 1 spiro atoms. The number of aromatic hydroxyl groups is 1. The highest BCUT2D eigenvalue weighted by Crippen LogP contribution is 2.50. The topological polar surface area (TPSA) is 69.7 Å². The zero-order valence-electron chi connectivity index (χ0n) is 12.8. The molecule has 3 aliphatic carbocycles. The van der Waals surface area contributed by atoms with Crippen molar-refractivity contribution in [2.75, 3.05) is 12.0 Å². The molecule has 1 aromatic heterocycles. The molecule has 6 nitrogen and oxygen atoms in total. The van der Waals surface area contributed by atoms with Gasteiger partial charge in [0.05, 0.1) is 10.2 Å². The number of phenolic OH excluding ortho intramolecular Hbond substituents is 1. The first-order valence-corrected chi connectivity index (χ1v) is 9.11. The van der Waals surface area contributed by atoms with Crippen LogP contribution in [0.2, 0.25) is 0 Å². The minimum atomic E-state index is -0.0386. The van der Waals surface area contributed by atoms with Crippen LogP contribution in [0.4, 0.5) is 5.13 Å². The van der Waals surface area contributed by atoms with E-state index in [9.17, 15) is 5.11 Å². The molecule has 4 aliphatic rings. The Balaban J connectivity index is 1.33. The predicted molar refractivity (Wildman–Crippen MR) is 88.6 cm³/mol. The van der Waals surface area contributed by atoms with Crippen molar-refractivity contribution in [3.63, 3.8) is 0 Å². The molecule has 0 amide bonds. The normalized spacial score (nSPS) is 33.7. The molecule has 2 aromatic rings. The van der Waals surface area contributed by atoms with Gasteiger partial charge in [0.25, 0.3) is 0 Å². The van der Waals surface area contributed by atoms with E-state index in [1.807, 2.05) is 6.07 Å². The van der Waals surface area contributed by atoms with Crippen LogP contribution in [-0.2, 0) is 4.84 Å². The number of thiazole rings is 1. The number of rotatable bonds is 2. The van der Waals surface area contributed by atoms with E-state index in [2.05, 4.69) is 15.8 Å². The lowest BCUT2D eigenvalue weighted by Crippen LogP contribution is -2.50. The van der Waals surface area contributed by atoms with Gasteiger partial charge in [0.15, 0.2) is 0 Å². The molecule has 2 bridgehead atoms. The third-order valence-corrected chi connectivity index (χ3v) is 6.51. The van der Waals surface area contributed by atoms with Crippen molar-refractivity contribution in [2.45, 2.75) is 37.7 Å². The van der Waals surface area contributed by atoms with E-state index >= 15 is 0 Å². The number of aromatic nitrogens is 1. The van der Waals surface area contributed by atoms with Crippen LogP contribution in [0.5, 0.6) is 5.75 Å². The second kappa shape index (κ2) is 5.04. The fraction of sp³-hybridized carbons (Fsp3) is 0.562. The lowest BCUT2D eigenvalue weighted by Gasteiger charge is -2.47. The summed E-state index contributed by atoms with van der Waals surface area (Å²) in [4.78, 5) is 10.8. The van der Waals surface area contributed by atoms with Gasteiger partial charge in [-0.05, 0) is 67.4 Å². The molecular weight excluding hydrogens is 312 g/mol. The Morgan fingerprint density at radius 3 is 3.00 bits per heavy atom. The summed E-state index contributed by atoms with van der Waals surface area (Å²) in [6.07, 6.45) is 6.48. The monoisotopic (exact) mass is 332 g/mol. The minimum absolute atomic E-state index is 0.0386. The van der Waals surface area contributed by atoms with Gasteiger partial charge in [-0.3, -0.25) is 10.3 Å². The van der Waals surface area contributed by atoms with Crippen molar-refractivity contribution < 1.29 is 9.94 Å². The number of nitrogens with zero attached hydrogens (tertiary/aromatic N) is 2. The summed E-state index contributed by atoms with van der Waals surface area (Å²) < 4.78 is 0.957. The Labute approximate surface area is 138 Å². The van der Waals surface area contributed by atoms with Crippen LogP contribution in [0.1, 0.15) is 32.1 Å². The highest BCUT2D eigenvalue weighted by molar-refractivity contribution is 7.22. The maximum atomic E-state index is 9.56. The summed E-state index contributed by atoms with van der Waals surface area (Å²) in [5.41, 5.74) is 7.37. The first-order chi connectivity index (χ1) is 11.2. The SMILES string of the molecule is Oc1ccc2nc(NN3NCC4(CC5CCC4CC5)O3)sc2c1. The van der Waals surface area contributed by atoms with Gasteiger partial charge in [-0.15, -0.1) is 0 Å². The van der Waals surface area contributed by atoms with Gasteiger partial charge >= 0.3 is 0 Å². The van der Waals surface area contributed by atoms with Crippen LogP contribution in [0.15, 0.2) is 18.2 Å². The summed E-state index contributed by atoms with van der Waals surface area (Å²) in [5.74, 6) is 1.76. The predicted octanol–water partition coefficient (Wildman–Crippen LogP) is 3.03. The number of fused-ring (bicyclic) bond motifs is 3. The molecule has 7 heteroatoms. The van der Waals surface area contributed by atoms with Crippen LogP contribution >= 0.6 is 11.3 Å².